The molecule has 0 aromatic heterocycles. The van der Waals surface area contributed by atoms with Crippen molar-refractivity contribution in [1.82, 2.24) is 0 Å². The van der Waals surface area contributed by atoms with E-state index in [1.807, 2.05) is 40.2 Å². The zero-order chi connectivity index (χ0) is 31.0. The van der Waals surface area contributed by atoms with Gasteiger partial charge in [0.2, 0.25) is 0 Å². The molecule has 0 aliphatic rings. The lowest BCUT2D eigenvalue weighted by Gasteiger charge is -2.28. The summed E-state index contributed by atoms with van der Waals surface area (Å²) in [5.74, 6) is -1.12. The van der Waals surface area contributed by atoms with E-state index in [-0.39, 0.29) is 25.7 Å². The van der Waals surface area contributed by atoms with E-state index in [0.717, 1.165) is 38.5 Å². The van der Waals surface area contributed by atoms with Crippen molar-refractivity contribution in [3.8, 4) is 0 Å². The van der Waals surface area contributed by atoms with Crippen molar-refractivity contribution < 1.29 is 47.2 Å². The third-order valence-electron chi connectivity index (χ3n) is 5.43. The van der Waals surface area contributed by atoms with Gasteiger partial charge in [0.1, 0.15) is 19.8 Å². The molecule has 0 saturated heterocycles. The summed E-state index contributed by atoms with van der Waals surface area (Å²) in [6, 6.07) is 0. The quantitative estimate of drug-likeness (QED) is 0.0546. The van der Waals surface area contributed by atoms with Crippen molar-refractivity contribution in [3.63, 3.8) is 0 Å². The SMILES string of the molecule is CC(=O)OC[C@H](COP(=O)([O-])OCC[N+](C)(C)C)OC(=O)CCC/C=C\C/C=C\C/C=C\C/C=C\CCC[C@H](C)O. The minimum Gasteiger partial charge on any atom is -0.756 e. The number of hydrogen-bond donors (Lipinski definition) is 1. The number of nitrogens with zero attached hydrogens (tertiary/aromatic N) is 1. The summed E-state index contributed by atoms with van der Waals surface area (Å²) in [5.41, 5.74) is 0. The normalized spacial score (nSPS) is 15.6. The van der Waals surface area contributed by atoms with Gasteiger partial charge in [0.15, 0.2) is 6.10 Å². The molecule has 0 aliphatic heterocycles. The number of hydrogen-bond acceptors (Lipinski definition) is 9. The van der Waals surface area contributed by atoms with E-state index in [1.165, 1.54) is 6.92 Å². The highest BCUT2D eigenvalue weighted by atomic mass is 31.2. The number of carbonyl (C=O) groups is 2. The van der Waals surface area contributed by atoms with Gasteiger partial charge >= 0.3 is 11.9 Å². The topological polar surface area (TPSA) is 131 Å². The second-order valence-electron chi connectivity index (χ2n) is 10.8. The van der Waals surface area contributed by atoms with Gasteiger partial charge in [-0.25, -0.2) is 0 Å². The molecule has 0 fully saturated rings. The first-order chi connectivity index (χ1) is 19.3. The number of phosphoric ester groups is 1. The molecule has 0 aromatic carbocycles. The van der Waals surface area contributed by atoms with Crippen molar-refractivity contribution in [3.05, 3.63) is 48.6 Å². The van der Waals surface area contributed by atoms with Crippen molar-refractivity contribution >= 4 is 19.8 Å². The van der Waals surface area contributed by atoms with E-state index in [9.17, 15) is 24.2 Å². The van der Waals surface area contributed by atoms with Crippen molar-refractivity contribution in [2.24, 2.45) is 0 Å². The van der Waals surface area contributed by atoms with Gasteiger partial charge in [0, 0.05) is 13.3 Å². The Morgan fingerprint density at radius 3 is 1.93 bits per heavy atom. The fourth-order valence-electron chi connectivity index (χ4n) is 3.15. The van der Waals surface area contributed by atoms with Crippen LogP contribution in [0.5, 0.6) is 0 Å². The first-order valence-electron chi connectivity index (χ1n) is 14.3. The minimum absolute atomic E-state index is 0.0514. The molecule has 236 valence electrons. The summed E-state index contributed by atoms with van der Waals surface area (Å²) in [5, 5.41) is 9.21. The van der Waals surface area contributed by atoms with Crippen LogP contribution in [0.15, 0.2) is 48.6 Å². The molecule has 0 bridgehead atoms. The summed E-state index contributed by atoms with van der Waals surface area (Å²) in [6.45, 7) is 2.59. The molecule has 0 amide bonds. The Morgan fingerprint density at radius 2 is 1.41 bits per heavy atom. The summed E-state index contributed by atoms with van der Waals surface area (Å²) in [6.07, 6.45) is 22.3. The van der Waals surface area contributed by atoms with Crippen LogP contribution in [-0.2, 0) is 32.7 Å². The molecule has 3 atom stereocenters. The predicted octanol–water partition coefficient (Wildman–Crippen LogP) is 4.79. The first kappa shape index (κ1) is 38.9. The van der Waals surface area contributed by atoms with Gasteiger partial charge in [-0.2, -0.15) is 0 Å². The standard InChI is InChI=1S/C30H52NO9P/c1-27(32)21-19-17-15-13-11-9-7-6-8-10-12-14-16-18-20-22-30(34)40-29(25-37-28(2)33)26-39-41(35,36)38-24-23-31(3,4)5/h7-10,13-16,27,29,32H,6,11-12,17-26H2,1-5H3/b9-7-,10-8-,15-13-,16-14-/t27-,29+/m0/s1. The molecule has 11 heteroatoms. The van der Waals surface area contributed by atoms with Crippen LogP contribution in [-0.4, -0.2) is 81.2 Å². The maximum absolute atomic E-state index is 12.2. The fourth-order valence-corrected chi connectivity index (χ4v) is 3.88. The summed E-state index contributed by atoms with van der Waals surface area (Å²) in [7, 11) is 1.09. The molecule has 10 nitrogen and oxygen atoms in total. The van der Waals surface area contributed by atoms with Crippen LogP contribution >= 0.6 is 7.82 Å². The second kappa shape index (κ2) is 23.5. The maximum atomic E-state index is 12.2. The van der Waals surface area contributed by atoms with E-state index in [2.05, 4.69) is 36.5 Å². The molecule has 0 aromatic rings. The Balaban J connectivity index is 4.19. The average Bonchev–Trinajstić information content (AvgIpc) is 2.86. The fraction of sp³-hybridized carbons (Fsp3) is 0.667. The average molecular weight is 602 g/mol. The Hall–Kier alpha value is -2.07. The summed E-state index contributed by atoms with van der Waals surface area (Å²) >= 11 is 0. The number of ether oxygens (including phenoxy) is 2. The number of rotatable bonds is 24. The van der Waals surface area contributed by atoms with E-state index in [1.54, 1.807) is 0 Å². The number of phosphoric acid groups is 1. The minimum atomic E-state index is -4.60. The van der Waals surface area contributed by atoms with Gasteiger partial charge in [-0.1, -0.05) is 48.6 Å². The predicted molar refractivity (Wildman–Crippen MR) is 159 cm³/mol. The number of likely N-dealkylation sites (N-methyl/N-ethyl adjacent to an activating group) is 1. The van der Waals surface area contributed by atoms with Gasteiger partial charge < -0.3 is 33.0 Å². The molecule has 0 rings (SSSR count). The molecule has 0 heterocycles. The number of allylic oxidation sites excluding steroid dienone is 8. The van der Waals surface area contributed by atoms with Crippen LogP contribution in [0.2, 0.25) is 0 Å². The van der Waals surface area contributed by atoms with Crippen LogP contribution in [0, 0.1) is 0 Å². The molecular weight excluding hydrogens is 549 g/mol. The summed E-state index contributed by atoms with van der Waals surface area (Å²) < 4.78 is 32.4. The van der Waals surface area contributed by atoms with Crippen LogP contribution in [0.3, 0.4) is 0 Å². The van der Waals surface area contributed by atoms with Crippen LogP contribution in [0.4, 0.5) is 0 Å². The molecule has 41 heavy (non-hydrogen) atoms. The number of quaternary nitrogens is 1. The third kappa shape index (κ3) is 29.2. The van der Waals surface area contributed by atoms with Gasteiger partial charge in [0.25, 0.3) is 7.82 Å². The van der Waals surface area contributed by atoms with Gasteiger partial charge in [-0.15, -0.1) is 0 Å². The molecule has 0 spiro atoms. The molecule has 0 saturated carbocycles. The Kier molecular flexibility index (Phi) is 22.3. The van der Waals surface area contributed by atoms with Crippen molar-refractivity contribution in [2.45, 2.75) is 83.8 Å². The lowest BCUT2D eigenvalue weighted by molar-refractivity contribution is -0.870. The van der Waals surface area contributed by atoms with E-state index < -0.39 is 32.5 Å². The zero-order valence-electron chi connectivity index (χ0n) is 25.6. The highest BCUT2D eigenvalue weighted by molar-refractivity contribution is 7.45. The molecule has 1 N–H and O–H groups in total. The Morgan fingerprint density at radius 1 is 0.878 bits per heavy atom. The van der Waals surface area contributed by atoms with Gasteiger partial charge in [0.05, 0.1) is 33.9 Å². The molecule has 0 aliphatic carbocycles. The number of aliphatic hydroxyl groups excluding tert-OH is 1. The van der Waals surface area contributed by atoms with Crippen LogP contribution < -0.4 is 4.89 Å². The lowest BCUT2D eigenvalue weighted by Crippen LogP contribution is -2.37. The van der Waals surface area contributed by atoms with Crippen molar-refractivity contribution in [1.29, 1.82) is 0 Å². The number of unbranched alkanes of at least 4 members (excludes halogenated alkanes) is 2. The lowest BCUT2D eigenvalue weighted by atomic mass is 10.1. The smallest absolute Gasteiger partial charge is 0.306 e. The van der Waals surface area contributed by atoms with Crippen molar-refractivity contribution in [2.75, 3.05) is 47.5 Å². The summed E-state index contributed by atoms with van der Waals surface area (Å²) in [4.78, 5) is 35.4. The first-order valence-corrected chi connectivity index (χ1v) is 15.8. The number of aliphatic hydroxyl groups is 1. The zero-order valence-corrected chi connectivity index (χ0v) is 26.5. The largest absolute Gasteiger partial charge is 0.756 e. The van der Waals surface area contributed by atoms with Gasteiger partial charge in [-0.05, 0) is 58.3 Å². The Bertz CT molecular complexity index is 876. The van der Waals surface area contributed by atoms with E-state index >= 15 is 0 Å². The van der Waals surface area contributed by atoms with E-state index in [4.69, 9.17) is 18.5 Å². The highest BCUT2D eigenvalue weighted by Gasteiger charge is 2.21. The Labute approximate surface area is 246 Å². The monoisotopic (exact) mass is 601 g/mol. The molecule has 1 unspecified atom stereocenters. The number of esters is 2. The van der Waals surface area contributed by atoms with Crippen LogP contribution in [0.25, 0.3) is 0 Å². The molecule has 0 radical (unpaired) electrons. The molecular formula is C30H52NO9P. The highest BCUT2D eigenvalue weighted by Crippen LogP contribution is 2.38. The van der Waals surface area contributed by atoms with Crippen LogP contribution in [0.1, 0.15) is 71.6 Å². The van der Waals surface area contributed by atoms with Gasteiger partial charge in [-0.3, -0.25) is 14.2 Å². The second-order valence-corrected chi connectivity index (χ2v) is 12.2. The number of carbonyl (C=O) groups excluding carboxylic acids is 2. The van der Waals surface area contributed by atoms with E-state index in [0.29, 0.717) is 23.9 Å². The third-order valence-corrected chi connectivity index (χ3v) is 6.39. The maximum Gasteiger partial charge on any atom is 0.306 e.